The summed E-state index contributed by atoms with van der Waals surface area (Å²) < 4.78 is 48.8. The number of alkyl halides is 3. The molecule has 1 unspecified atom stereocenters. The Morgan fingerprint density at radius 2 is 1.86 bits per heavy atom. The van der Waals surface area contributed by atoms with E-state index >= 15 is 0 Å². The van der Waals surface area contributed by atoms with Crippen LogP contribution in [0.4, 0.5) is 17.6 Å². The lowest BCUT2D eigenvalue weighted by Crippen LogP contribution is -2.20. The molecule has 0 heterocycles. The SMILES string of the molecule is OC(c1ccc(Br)c(F)c1)C(F)(F)F. The van der Waals surface area contributed by atoms with Gasteiger partial charge < -0.3 is 5.11 Å². The highest BCUT2D eigenvalue weighted by molar-refractivity contribution is 9.10. The molecule has 6 heteroatoms. The standard InChI is InChI=1S/C8H5BrF4O/c9-5-2-1-4(3-6(5)10)7(14)8(11,12)13/h1-3,7,14H. The molecule has 0 fully saturated rings. The molecule has 0 amide bonds. The van der Waals surface area contributed by atoms with E-state index < -0.39 is 23.7 Å². The molecule has 1 aromatic carbocycles. The van der Waals surface area contributed by atoms with Gasteiger partial charge in [-0.25, -0.2) is 4.39 Å². The van der Waals surface area contributed by atoms with Gasteiger partial charge in [0.05, 0.1) is 4.47 Å². The third-order valence-electron chi connectivity index (χ3n) is 1.57. The number of hydrogen-bond donors (Lipinski definition) is 1. The van der Waals surface area contributed by atoms with Crippen LogP contribution < -0.4 is 0 Å². The maximum atomic E-state index is 12.8. The summed E-state index contributed by atoms with van der Waals surface area (Å²) >= 11 is 2.79. The van der Waals surface area contributed by atoms with Crippen LogP contribution in [0.2, 0.25) is 0 Å². The zero-order valence-electron chi connectivity index (χ0n) is 6.65. The summed E-state index contributed by atoms with van der Waals surface area (Å²) in [5, 5.41) is 8.77. The normalized spacial score (nSPS) is 14.1. The van der Waals surface area contributed by atoms with Crippen molar-refractivity contribution in [1.29, 1.82) is 0 Å². The second-order valence-corrected chi connectivity index (χ2v) is 3.47. The summed E-state index contributed by atoms with van der Waals surface area (Å²) in [6.07, 6.45) is -7.43. The van der Waals surface area contributed by atoms with Gasteiger partial charge in [0.1, 0.15) is 5.82 Å². The van der Waals surface area contributed by atoms with Gasteiger partial charge in [-0.1, -0.05) is 6.07 Å². The fraction of sp³-hybridized carbons (Fsp3) is 0.250. The van der Waals surface area contributed by atoms with Crippen molar-refractivity contribution in [3.05, 3.63) is 34.1 Å². The van der Waals surface area contributed by atoms with Crippen LogP contribution in [0.3, 0.4) is 0 Å². The molecular weight excluding hydrogens is 268 g/mol. The molecule has 78 valence electrons. The Hall–Kier alpha value is -0.620. The molecule has 0 saturated heterocycles. The monoisotopic (exact) mass is 272 g/mol. The lowest BCUT2D eigenvalue weighted by molar-refractivity contribution is -0.206. The number of rotatable bonds is 1. The van der Waals surface area contributed by atoms with Gasteiger partial charge in [0.2, 0.25) is 0 Å². The highest BCUT2D eigenvalue weighted by Crippen LogP contribution is 2.33. The number of halogens is 5. The quantitative estimate of drug-likeness (QED) is 0.779. The Morgan fingerprint density at radius 1 is 1.29 bits per heavy atom. The van der Waals surface area contributed by atoms with E-state index in [1.54, 1.807) is 0 Å². The molecule has 0 radical (unpaired) electrons. The Labute approximate surface area is 85.5 Å². The van der Waals surface area contributed by atoms with E-state index in [0.29, 0.717) is 6.07 Å². The van der Waals surface area contributed by atoms with Crippen LogP contribution in [0.25, 0.3) is 0 Å². The first-order valence-corrected chi connectivity index (χ1v) is 4.31. The van der Waals surface area contributed by atoms with Crippen LogP contribution in [0.1, 0.15) is 11.7 Å². The highest BCUT2D eigenvalue weighted by atomic mass is 79.9. The predicted molar refractivity (Wildman–Crippen MR) is 45.1 cm³/mol. The topological polar surface area (TPSA) is 20.2 Å². The van der Waals surface area contributed by atoms with E-state index in [9.17, 15) is 17.6 Å². The maximum absolute atomic E-state index is 12.8. The van der Waals surface area contributed by atoms with Gasteiger partial charge >= 0.3 is 6.18 Å². The molecule has 0 bridgehead atoms. The van der Waals surface area contributed by atoms with E-state index in [-0.39, 0.29) is 4.47 Å². The van der Waals surface area contributed by atoms with Crippen molar-refractivity contribution >= 4 is 15.9 Å². The van der Waals surface area contributed by atoms with Gasteiger partial charge in [-0.2, -0.15) is 13.2 Å². The van der Waals surface area contributed by atoms with Crippen LogP contribution in [0.5, 0.6) is 0 Å². The minimum atomic E-state index is -4.78. The molecule has 0 aliphatic heterocycles. The molecule has 1 N–H and O–H groups in total. The van der Waals surface area contributed by atoms with Crippen LogP contribution >= 0.6 is 15.9 Å². The molecule has 1 atom stereocenters. The van der Waals surface area contributed by atoms with Crippen molar-refractivity contribution in [3.8, 4) is 0 Å². The summed E-state index contributed by atoms with van der Waals surface area (Å²) in [6, 6.07) is 2.76. The number of aliphatic hydroxyl groups excluding tert-OH is 1. The third kappa shape index (κ3) is 2.45. The van der Waals surface area contributed by atoms with E-state index in [0.717, 1.165) is 12.1 Å². The molecule has 1 aromatic rings. The zero-order chi connectivity index (χ0) is 10.9. The summed E-state index contributed by atoms with van der Waals surface area (Å²) in [4.78, 5) is 0. The fourth-order valence-electron chi connectivity index (χ4n) is 0.871. The predicted octanol–water partition coefficient (Wildman–Crippen LogP) is 3.18. The zero-order valence-corrected chi connectivity index (χ0v) is 8.23. The molecular formula is C8H5BrF4O. The van der Waals surface area contributed by atoms with E-state index in [1.165, 1.54) is 0 Å². The Kier molecular flexibility index (Phi) is 3.16. The average Bonchev–Trinajstić information content (AvgIpc) is 2.07. The van der Waals surface area contributed by atoms with E-state index in [4.69, 9.17) is 5.11 Å². The minimum Gasteiger partial charge on any atom is -0.379 e. The number of aliphatic hydroxyl groups is 1. The minimum absolute atomic E-state index is 0.0515. The molecule has 0 aromatic heterocycles. The molecule has 1 nitrogen and oxygen atoms in total. The van der Waals surface area contributed by atoms with Crippen molar-refractivity contribution in [2.45, 2.75) is 12.3 Å². The van der Waals surface area contributed by atoms with Crippen molar-refractivity contribution in [2.24, 2.45) is 0 Å². The molecule has 0 aliphatic carbocycles. The first-order chi connectivity index (χ1) is 6.32. The van der Waals surface area contributed by atoms with Crippen LogP contribution in [-0.2, 0) is 0 Å². The first kappa shape index (κ1) is 11.5. The Balaban J connectivity index is 3.03. The highest BCUT2D eigenvalue weighted by Gasteiger charge is 2.39. The van der Waals surface area contributed by atoms with Gasteiger partial charge in [-0.15, -0.1) is 0 Å². The van der Waals surface area contributed by atoms with Gasteiger partial charge in [0.25, 0.3) is 0 Å². The van der Waals surface area contributed by atoms with Crippen molar-refractivity contribution in [3.63, 3.8) is 0 Å². The third-order valence-corrected chi connectivity index (χ3v) is 2.21. The summed E-state index contributed by atoms with van der Waals surface area (Å²) in [5.74, 6) is -0.842. The van der Waals surface area contributed by atoms with Crippen molar-refractivity contribution in [2.75, 3.05) is 0 Å². The lowest BCUT2D eigenvalue weighted by atomic mass is 10.1. The summed E-state index contributed by atoms with van der Waals surface area (Å²) in [7, 11) is 0. The van der Waals surface area contributed by atoms with Gasteiger partial charge in [0.15, 0.2) is 6.10 Å². The maximum Gasteiger partial charge on any atom is 0.418 e. The number of hydrogen-bond acceptors (Lipinski definition) is 1. The molecule has 14 heavy (non-hydrogen) atoms. The Bertz CT molecular complexity index is 337. The van der Waals surface area contributed by atoms with Crippen LogP contribution in [-0.4, -0.2) is 11.3 Å². The molecule has 0 spiro atoms. The van der Waals surface area contributed by atoms with Crippen molar-refractivity contribution in [1.82, 2.24) is 0 Å². The second kappa shape index (κ2) is 3.86. The summed E-state index contributed by atoms with van der Waals surface area (Å²) in [5.41, 5.74) is -0.516. The summed E-state index contributed by atoms with van der Waals surface area (Å²) in [6.45, 7) is 0. The van der Waals surface area contributed by atoms with Gasteiger partial charge in [-0.3, -0.25) is 0 Å². The first-order valence-electron chi connectivity index (χ1n) is 3.52. The molecule has 0 aliphatic rings. The van der Waals surface area contributed by atoms with E-state index in [2.05, 4.69) is 15.9 Å². The van der Waals surface area contributed by atoms with E-state index in [1.807, 2.05) is 0 Å². The number of benzene rings is 1. The van der Waals surface area contributed by atoms with Crippen LogP contribution in [0.15, 0.2) is 22.7 Å². The van der Waals surface area contributed by atoms with Crippen molar-refractivity contribution < 1.29 is 22.7 Å². The largest absolute Gasteiger partial charge is 0.418 e. The Morgan fingerprint density at radius 3 is 2.29 bits per heavy atom. The van der Waals surface area contributed by atoms with Crippen LogP contribution in [0, 0.1) is 5.82 Å². The smallest absolute Gasteiger partial charge is 0.379 e. The average molecular weight is 273 g/mol. The van der Waals surface area contributed by atoms with Gasteiger partial charge in [-0.05, 0) is 33.6 Å². The molecule has 1 rings (SSSR count). The second-order valence-electron chi connectivity index (χ2n) is 2.62. The van der Waals surface area contributed by atoms with Gasteiger partial charge in [0, 0.05) is 0 Å². The fourth-order valence-corrected chi connectivity index (χ4v) is 1.12. The lowest BCUT2D eigenvalue weighted by Gasteiger charge is -2.14. The molecule has 0 saturated carbocycles.